The SMILES string of the molecule is CC.COC1CCN(C(=O)C2CCC(F)(F)CO2)C(c2cnn3cc(C(NC(=O)c4ccnn4C)C4CCC(F)(F)CC4)nc3n2)C1. The zero-order valence-corrected chi connectivity index (χ0v) is 27.0. The average molecular weight is 667 g/mol. The lowest BCUT2D eigenvalue weighted by Gasteiger charge is -2.41. The number of aromatic nitrogens is 6. The van der Waals surface area contributed by atoms with Crippen LogP contribution < -0.4 is 5.32 Å². The molecule has 0 spiro atoms. The molecule has 3 aromatic heterocycles. The van der Waals surface area contributed by atoms with Gasteiger partial charge in [0, 0.05) is 46.2 Å². The van der Waals surface area contributed by atoms with Crippen LogP contribution in [0.15, 0.2) is 24.7 Å². The number of fused-ring (bicyclic) bond motifs is 1. The second-order valence-corrected chi connectivity index (χ2v) is 12.2. The lowest BCUT2D eigenvalue weighted by Crippen LogP contribution is -2.50. The normalized spacial score (nSPS) is 25.1. The number of halogens is 4. The molecule has 0 radical (unpaired) electrons. The van der Waals surface area contributed by atoms with Crippen molar-refractivity contribution in [1.29, 1.82) is 0 Å². The maximum Gasteiger partial charge on any atom is 0.271 e. The monoisotopic (exact) mass is 666 g/mol. The fourth-order valence-electron chi connectivity index (χ4n) is 6.55. The molecule has 2 saturated heterocycles. The number of carbonyl (C=O) groups excluding carboxylic acids is 2. The van der Waals surface area contributed by atoms with Gasteiger partial charge in [-0.25, -0.2) is 32.0 Å². The molecule has 6 rings (SSSR count). The Hall–Kier alpha value is -3.66. The minimum Gasteiger partial charge on any atom is -0.381 e. The van der Waals surface area contributed by atoms with Crippen LogP contribution in [0.3, 0.4) is 0 Å². The van der Waals surface area contributed by atoms with Crippen molar-refractivity contribution < 1.29 is 36.6 Å². The number of rotatable bonds is 7. The van der Waals surface area contributed by atoms with Crippen molar-refractivity contribution in [3.63, 3.8) is 0 Å². The summed E-state index contributed by atoms with van der Waals surface area (Å²) in [6.07, 6.45) is 3.72. The third-order valence-corrected chi connectivity index (χ3v) is 9.18. The first-order chi connectivity index (χ1) is 22.4. The zero-order valence-electron chi connectivity index (χ0n) is 27.0. The second kappa shape index (κ2) is 14.2. The largest absolute Gasteiger partial charge is 0.381 e. The van der Waals surface area contributed by atoms with Gasteiger partial charge < -0.3 is 19.7 Å². The predicted molar refractivity (Wildman–Crippen MR) is 161 cm³/mol. The maximum atomic E-state index is 14.0. The lowest BCUT2D eigenvalue weighted by molar-refractivity contribution is -0.174. The van der Waals surface area contributed by atoms with Gasteiger partial charge in [0.1, 0.15) is 18.4 Å². The van der Waals surface area contributed by atoms with Gasteiger partial charge in [-0.2, -0.15) is 10.2 Å². The first kappa shape index (κ1) is 34.7. The summed E-state index contributed by atoms with van der Waals surface area (Å²) >= 11 is 0. The van der Waals surface area contributed by atoms with Crippen molar-refractivity contribution in [3.8, 4) is 0 Å². The van der Waals surface area contributed by atoms with Crippen LogP contribution in [0.5, 0.6) is 0 Å². The van der Waals surface area contributed by atoms with Gasteiger partial charge in [-0.15, -0.1) is 0 Å². The highest BCUT2D eigenvalue weighted by atomic mass is 19.3. The minimum absolute atomic E-state index is 0.0872. The number of alkyl halides is 4. The van der Waals surface area contributed by atoms with Crippen LogP contribution in [0.2, 0.25) is 0 Å². The maximum absolute atomic E-state index is 14.0. The van der Waals surface area contributed by atoms with E-state index in [1.54, 1.807) is 31.3 Å². The Morgan fingerprint density at radius 1 is 1.04 bits per heavy atom. The summed E-state index contributed by atoms with van der Waals surface area (Å²) in [6.45, 7) is 3.52. The van der Waals surface area contributed by atoms with Gasteiger partial charge >= 0.3 is 0 Å². The fourth-order valence-corrected chi connectivity index (χ4v) is 6.55. The number of likely N-dealkylation sites (tertiary alicyclic amines) is 1. The fraction of sp³-hybridized carbons (Fsp3) is 0.677. The number of ether oxygens (including phenoxy) is 2. The topological polar surface area (TPSA) is 129 Å². The third-order valence-electron chi connectivity index (χ3n) is 9.18. The highest BCUT2D eigenvalue weighted by Gasteiger charge is 2.43. The summed E-state index contributed by atoms with van der Waals surface area (Å²) in [5, 5.41) is 11.5. The summed E-state index contributed by atoms with van der Waals surface area (Å²) in [5.41, 5.74) is 1.16. The highest BCUT2D eigenvalue weighted by molar-refractivity contribution is 5.92. The van der Waals surface area contributed by atoms with E-state index in [0.29, 0.717) is 36.5 Å². The van der Waals surface area contributed by atoms with E-state index >= 15 is 0 Å². The Bertz CT molecular complexity index is 1530. The quantitative estimate of drug-likeness (QED) is 0.361. The Kier molecular flexibility index (Phi) is 10.5. The standard InChI is InChI=1S/C29H36F4N8O4.C2H6/c1-39-21(6-11-34-39)25(42)38-24(17-3-8-28(30,31)9-4-17)20-15-41-27(37-20)36-19(14-35-41)22-13-18(44-2)7-12-40(22)26(43)23-5-10-29(32,33)16-45-23;1-2/h6,11,14-15,17-18,22-24H,3-5,7-10,12-13,16H2,1-2H3,(H,38,42);1-2H3. The molecule has 3 aliphatic rings. The Labute approximate surface area is 270 Å². The number of nitrogens with zero attached hydrogens (tertiary/aromatic N) is 7. The molecular formula is C31H42F4N8O4. The van der Waals surface area contributed by atoms with Gasteiger partial charge in [-0.1, -0.05) is 13.8 Å². The van der Waals surface area contributed by atoms with Crippen LogP contribution in [-0.4, -0.2) is 90.4 Å². The molecule has 2 amide bonds. The first-order valence-electron chi connectivity index (χ1n) is 16.1. The molecule has 0 aromatic carbocycles. The molecule has 2 aliphatic heterocycles. The number of amides is 2. The van der Waals surface area contributed by atoms with Gasteiger partial charge in [-0.05, 0) is 44.1 Å². The van der Waals surface area contributed by atoms with Crippen molar-refractivity contribution >= 4 is 17.6 Å². The predicted octanol–water partition coefficient (Wildman–Crippen LogP) is 4.67. The molecule has 5 heterocycles. The number of piperidine rings is 1. The summed E-state index contributed by atoms with van der Waals surface area (Å²) in [5.74, 6) is -6.62. The molecule has 1 saturated carbocycles. The van der Waals surface area contributed by atoms with Gasteiger partial charge in [0.25, 0.3) is 23.5 Å². The molecule has 47 heavy (non-hydrogen) atoms. The van der Waals surface area contributed by atoms with Crippen LogP contribution in [0.4, 0.5) is 17.6 Å². The van der Waals surface area contributed by atoms with Crippen molar-refractivity contribution in [3.05, 3.63) is 41.7 Å². The summed E-state index contributed by atoms with van der Waals surface area (Å²) in [6, 6.07) is 0.304. The van der Waals surface area contributed by atoms with Gasteiger partial charge in [0.15, 0.2) is 0 Å². The molecule has 0 bridgehead atoms. The molecule has 1 aliphatic carbocycles. The van der Waals surface area contributed by atoms with Crippen molar-refractivity contribution in [2.24, 2.45) is 13.0 Å². The zero-order chi connectivity index (χ0) is 33.9. The molecule has 258 valence electrons. The summed E-state index contributed by atoms with van der Waals surface area (Å²) < 4.78 is 69.2. The Balaban J connectivity index is 0.00000213. The van der Waals surface area contributed by atoms with Crippen molar-refractivity contribution in [2.75, 3.05) is 20.3 Å². The molecule has 12 nitrogen and oxygen atoms in total. The van der Waals surface area contributed by atoms with E-state index in [4.69, 9.17) is 14.5 Å². The number of aryl methyl sites for hydroxylation is 1. The smallest absolute Gasteiger partial charge is 0.271 e. The van der Waals surface area contributed by atoms with Gasteiger partial charge in [-0.3, -0.25) is 14.3 Å². The molecule has 3 aromatic rings. The van der Waals surface area contributed by atoms with Crippen LogP contribution in [0.1, 0.15) is 99.2 Å². The minimum atomic E-state index is -2.96. The van der Waals surface area contributed by atoms with E-state index in [1.807, 2.05) is 13.8 Å². The number of carbonyl (C=O) groups is 2. The van der Waals surface area contributed by atoms with Crippen LogP contribution in [0.25, 0.3) is 5.78 Å². The molecular weight excluding hydrogens is 624 g/mol. The van der Waals surface area contributed by atoms with E-state index < -0.39 is 49.0 Å². The Morgan fingerprint density at radius 2 is 1.77 bits per heavy atom. The van der Waals surface area contributed by atoms with Crippen LogP contribution >= 0.6 is 0 Å². The number of methoxy groups -OCH3 is 1. The van der Waals surface area contributed by atoms with E-state index in [-0.39, 0.29) is 55.8 Å². The number of hydrogen-bond donors (Lipinski definition) is 1. The summed E-state index contributed by atoms with van der Waals surface area (Å²) in [4.78, 5) is 37.7. The van der Waals surface area contributed by atoms with Gasteiger partial charge in [0.2, 0.25) is 5.92 Å². The lowest BCUT2D eigenvalue weighted by atomic mass is 9.81. The molecule has 3 fully saturated rings. The number of hydrogen-bond acceptors (Lipinski definition) is 8. The van der Waals surface area contributed by atoms with Crippen molar-refractivity contribution in [2.45, 2.75) is 101 Å². The van der Waals surface area contributed by atoms with E-state index in [9.17, 15) is 27.2 Å². The number of nitrogens with one attached hydrogen (secondary N) is 1. The summed E-state index contributed by atoms with van der Waals surface area (Å²) in [7, 11) is 3.22. The number of imidazole rings is 1. The molecule has 16 heteroatoms. The van der Waals surface area contributed by atoms with Crippen LogP contribution in [0, 0.1) is 5.92 Å². The van der Waals surface area contributed by atoms with Crippen molar-refractivity contribution in [1.82, 2.24) is 39.6 Å². The van der Waals surface area contributed by atoms with Gasteiger partial charge in [0.05, 0.1) is 42.0 Å². The van der Waals surface area contributed by atoms with E-state index in [0.717, 1.165) is 0 Å². The average Bonchev–Trinajstić information content (AvgIpc) is 3.69. The molecule has 1 N–H and O–H groups in total. The van der Waals surface area contributed by atoms with E-state index in [2.05, 4.69) is 20.5 Å². The highest BCUT2D eigenvalue weighted by Crippen LogP contribution is 2.41. The first-order valence-corrected chi connectivity index (χ1v) is 16.1. The Morgan fingerprint density at radius 3 is 2.40 bits per heavy atom. The second-order valence-electron chi connectivity index (χ2n) is 12.2. The molecule has 4 atom stereocenters. The van der Waals surface area contributed by atoms with E-state index in [1.165, 1.54) is 21.6 Å². The molecule has 4 unspecified atom stereocenters. The van der Waals surface area contributed by atoms with Crippen LogP contribution in [-0.2, 0) is 21.3 Å². The third kappa shape index (κ3) is 7.74.